The van der Waals surface area contributed by atoms with Crippen LogP contribution in [0.25, 0.3) is 0 Å². The third-order valence-electron chi connectivity index (χ3n) is 1.58. The molecule has 0 bridgehead atoms. The Bertz CT molecular complexity index is 300. The minimum atomic E-state index is -3.04. The largest absolute Gasteiger partial charge is 0.365 e. The Hall–Kier alpha value is -0.270. The van der Waals surface area contributed by atoms with Gasteiger partial charge in [-0.05, 0) is 6.42 Å². The quantitative estimate of drug-likeness (QED) is 0.639. The highest BCUT2D eigenvalue weighted by atomic mass is 32.2. The van der Waals surface area contributed by atoms with Gasteiger partial charge >= 0.3 is 0 Å². The summed E-state index contributed by atoms with van der Waals surface area (Å²) in [5, 5.41) is 4.12. The van der Waals surface area contributed by atoms with Crippen molar-refractivity contribution in [2.24, 2.45) is 4.99 Å². The van der Waals surface area contributed by atoms with Gasteiger partial charge in [0.15, 0.2) is 5.17 Å². The minimum Gasteiger partial charge on any atom is -0.365 e. The normalized spacial score (nSPS) is 16.8. The van der Waals surface area contributed by atoms with Crippen LogP contribution in [0.4, 0.5) is 0 Å². The summed E-state index contributed by atoms with van der Waals surface area (Å²) in [6, 6.07) is 0. The van der Waals surface area contributed by atoms with E-state index >= 15 is 0 Å². The molecule has 0 aromatic carbocycles. The molecule has 0 aromatic rings. The molecule has 14 heavy (non-hydrogen) atoms. The van der Waals surface area contributed by atoms with Crippen LogP contribution >= 0.6 is 11.8 Å². The molecule has 0 aromatic heterocycles. The Labute approximate surface area is 88.8 Å². The summed E-state index contributed by atoms with van der Waals surface area (Å²) in [7, 11) is -3.04. The molecular formula is C7H15N3O2S2. The van der Waals surface area contributed by atoms with Gasteiger partial charge in [0.2, 0.25) is 10.0 Å². The number of hydrogen-bond donors (Lipinski definition) is 2. The highest BCUT2D eigenvalue weighted by Gasteiger charge is 2.05. The molecule has 0 saturated carbocycles. The van der Waals surface area contributed by atoms with Gasteiger partial charge in [-0.3, -0.25) is 4.99 Å². The molecular weight excluding hydrogens is 222 g/mol. The van der Waals surface area contributed by atoms with Gasteiger partial charge in [-0.25, -0.2) is 13.1 Å². The van der Waals surface area contributed by atoms with E-state index in [-0.39, 0.29) is 0 Å². The lowest BCUT2D eigenvalue weighted by Crippen LogP contribution is -2.27. The first-order valence-corrected chi connectivity index (χ1v) is 7.31. The van der Waals surface area contributed by atoms with E-state index in [1.54, 1.807) is 11.8 Å². The number of nitrogens with one attached hydrogen (secondary N) is 2. The average Bonchev–Trinajstić information content (AvgIpc) is 2.54. The van der Waals surface area contributed by atoms with Crippen molar-refractivity contribution >= 4 is 27.0 Å². The van der Waals surface area contributed by atoms with E-state index in [2.05, 4.69) is 15.0 Å². The fourth-order valence-electron chi connectivity index (χ4n) is 0.983. The van der Waals surface area contributed by atoms with Crippen molar-refractivity contribution in [3.63, 3.8) is 0 Å². The van der Waals surface area contributed by atoms with Gasteiger partial charge in [0.25, 0.3) is 0 Å². The number of hydrogen-bond acceptors (Lipinski definition) is 5. The average molecular weight is 237 g/mol. The van der Waals surface area contributed by atoms with Crippen molar-refractivity contribution < 1.29 is 8.42 Å². The molecule has 0 saturated heterocycles. The minimum absolute atomic E-state index is 0.476. The Morgan fingerprint density at radius 2 is 2.29 bits per heavy atom. The summed E-state index contributed by atoms with van der Waals surface area (Å²) < 4.78 is 23.8. The molecule has 5 nitrogen and oxygen atoms in total. The second kappa shape index (κ2) is 5.57. The monoisotopic (exact) mass is 237 g/mol. The van der Waals surface area contributed by atoms with Crippen molar-refractivity contribution in [1.29, 1.82) is 0 Å². The molecule has 7 heteroatoms. The topological polar surface area (TPSA) is 70.6 Å². The summed E-state index contributed by atoms with van der Waals surface area (Å²) in [4.78, 5) is 4.21. The lowest BCUT2D eigenvalue weighted by molar-refractivity contribution is 0.585. The van der Waals surface area contributed by atoms with Crippen LogP contribution in [0, 0.1) is 0 Å². The number of nitrogens with zero attached hydrogens (tertiary/aromatic N) is 1. The van der Waals surface area contributed by atoms with E-state index in [4.69, 9.17) is 0 Å². The van der Waals surface area contributed by atoms with Crippen LogP contribution in [0.15, 0.2) is 4.99 Å². The number of thioether (sulfide) groups is 1. The van der Waals surface area contributed by atoms with Gasteiger partial charge in [-0.2, -0.15) is 0 Å². The summed E-state index contributed by atoms with van der Waals surface area (Å²) in [6.07, 6.45) is 1.93. The number of rotatable bonds is 5. The Morgan fingerprint density at radius 1 is 1.50 bits per heavy atom. The fourth-order valence-corrected chi connectivity index (χ4v) is 2.26. The molecule has 0 radical (unpaired) electrons. The Morgan fingerprint density at radius 3 is 2.86 bits per heavy atom. The summed E-state index contributed by atoms with van der Waals surface area (Å²) in [5.41, 5.74) is 0. The van der Waals surface area contributed by atoms with Crippen LogP contribution in [0.3, 0.4) is 0 Å². The zero-order valence-corrected chi connectivity index (χ0v) is 9.75. The predicted octanol–water partition coefficient (Wildman–Crippen LogP) is -0.382. The van der Waals surface area contributed by atoms with E-state index in [1.165, 1.54) is 0 Å². The highest BCUT2D eigenvalue weighted by molar-refractivity contribution is 8.14. The van der Waals surface area contributed by atoms with Gasteiger partial charge in [0.1, 0.15) is 0 Å². The van der Waals surface area contributed by atoms with Gasteiger partial charge in [0, 0.05) is 18.8 Å². The fraction of sp³-hybridized carbons (Fsp3) is 0.857. The number of aliphatic imine (C=N–C) groups is 1. The van der Waals surface area contributed by atoms with Gasteiger partial charge in [0.05, 0.1) is 12.8 Å². The third-order valence-corrected chi connectivity index (χ3v) is 3.24. The molecule has 0 atom stereocenters. The number of sulfonamides is 1. The first-order chi connectivity index (χ1) is 6.58. The predicted molar refractivity (Wildman–Crippen MR) is 60.2 cm³/mol. The van der Waals surface area contributed by atoms with Crippen molar-refractivity contribution in [3.8, 4) is 0 Å². The molecule has 0 spiro atoms. The smallest absolute Gasteiger partial charge is 0.208 e. The maximum absolute atomic E-state index is 10.7. The lowest BCUT2D eigenvalue weighted by atomic mass is 10.4. The second-order valence-corrected chi connectivity index (χ2v) is 5.90. The van der Waals surface area contributed by atoms with E-state index in [0.29, 0.717) is 6.54 Å². The van der Waals surface area contributed by atoms with E-state index in [0.717, 1.165) is 36.7 Å². The molecule has 0 unspecified atom stereocenters. The van der Waals surface area contributed by atoms with E-state index in [9.17, 15) is 8.42 Å². The number of amidine groups is 1. The maximum atomic E-state index is 10.7. The van der Waals surface area contributed by atoms with Crippen molar-refractivity contribution in [1.82, 2.24) is 10.0 Å². The summed E-state index contributed by atoms with van der Waals surface area (Å²) >= 11 is 1.71. The zero-order valence-electron chi connectivity index (χ0n) is 8.12. The van der Waals surface area contributed by atoms with Crippen LogP contribution in [0.1, 0.15) is 6.42 Å². The van der Waals surface area contributed by atoms with E-state index in [1.807, 2.05) is 0 Å². The Balaban J connectivity index is 1.99. The molecule has 2 N–H and O–H groups in total. The molecule has 1 rings (SSSR count). The van der Waals surface area contributed by atoms with Crippen LogP contribution in [0.2, 0.25) is 0 Å². The van der Waals surface area contributed by atoms with Gasteiger partial charge in [-0.15, -0.1) is 0 Å². The molecule has 82 valence electrons. The summed E-state index contributed by atoms with van der Waals surface area (Å²) in [6.45, 7) is 2.12. The standard InChI is InChI=1S/C7H15N3O2S2/c1-14(11,12)10-4-2-3-8-7-9-5-6-13-7/h10H,2-6H2,1H3,(H,8,9). The van der Waals surface area contributed by atoms with Gasteiger partial charge < -0.3 is 5.32 Å². The van der Waals surface area contributed by atoms with Crippen LogP contribution in [0.5, 0.6) is 0 Å². The highest BCUT2D eigenvalue weighted by Crippen LogP contribution is 2.08. The zero-order chi connectivity index (χ0) is 10.4. The van der Waals surface area contributed by atoms with Crippen LogP contribution in [-0.4, -0.2) is 45.2 Å². The third kappa shape index (κ3) is 5.46. The molecule has 1 aliphatic heterocycles. The van der Waals surface area contributed by atoms with Crippen molar-refractivity contribution in [2.75, 3.05) is 31.6 Å². The molecule has 0 fully saturated rings. The molecule has 1 heterocycles. The second-order valence-electron chi connectivity index (χ2n) is 2.98. The molecule has 0 aliphatic carbocycles. The van der Waals surface area contributed by atoms with Crippen LogP contribution < -0.4 is 10.0 Å². The van der Waals surface area contributed by atoms with E-state index < -0.39 is 10.0 Å². The van der Waals surface area contributed by atoms with Crippen LogP contribution in [-0.2, 0) is 10.0 Å². The lowest BCUT2D eigenvalue weighted by Gasteiger charge is -2.04. The summed E-state index contributed by atoms with van der Waals surface area (Å²) in [5.74, 6) is 1.05. The Kier molecular flexibility index (Phi) is 4.70. The first-order valence-electron chi connectivity index (χ1n) is 4.44. The molecule has 0 amide bonds. The van der Waals surface area contributed by atoms with Gasteiger partial charge in [-0.1, -0.05) is 11.8 Å². The van der Waals surface area contributed by atoms with Crippen molar-refractivity contribution in [3.05, 3.63) is 0 Å². The SMILES string of the molecule is CS(=O)(=O)NCCCNC1=NCCS1. The van der Waals surface area contributed by atoms with Crippen molar-refractivity contribution in [2.45, 2.75) is 6.42 Å². The molecule has 1 aliphatic rings. The first kappa shape index (κ1) is 11.8. The maximum Gasteiger partial charge on any atom is 0.208 e.